The van der Waals surface area contributed by atoms with Crippen molar-refractivity contribution in [2.45, 2.75) is 25.8 Å². The van der Waals surface area contributed by atoms with Crippen molar-refractivity contribution in [3.63, 3.8) is 0 Å². The van der Waals surface area contributed by atoms with Gasteiger partial charge in [-0.15, -0.1) is 5.10 Å². The first kappa shape index (κ1) is 11.9. The molecule has 0 spiro atoms. The Bertz CT molecular complexity index is 275. The summed E-state index contributed by atoms with van der Waals surface area (Å²) in [4.78, 5) is 0. The standard InChI is InChI=1S/C9H18N4O2/c1-7(10)8-12-13-9(15-8)11-5-3-4-6-14-2/h7H,3-6,10H2,1-2H3,(H,11,13). The van der Waals surface area contributed by atoms with E-state index in [-0.39, 0.29) is 6.04 Å². The minimum atomic E-state index is -0.221. The maximum absolute atomic E-state index is 5.58. The number of nitrogens with zero attached hydrogens (tertiary/aromatic N) is 2. The Morgan fingerprint density at radius 1 is 1.47 bits per heavy atom. The van der Waals surface area contributed by atoms with Crippen LogP contribution in [0.3, 0.4) is 0 Å². The van der Waals surface area contributed by atoms with E-state index in [0.717, 1.165) is 26.0 Å². The molecule has 1 aromatic heterocycles. The third kappa shape index (κ3) is 4.26. The number of aromatic nitrogens is 2. The molecule has 3 N–H and O–H groups in total. The van der Waals surface area contributed by atoms with Crippen molar-refractivity contribution in [2.24, 2.45) is 5.73 Å². The van der Waals surface area contributed by atoms with Crippen LogP contribution < -0.4 is 11.1 Å². The normalized spacial score (nSPS) is 12.7. The van der Waals surface area contributed by atoms with Crippen molar-refractivity contribution < 1.29 is 9.15 Å². The van der Waals surface area contributed by atoms with Gasteiger partial charge in [0.2, 0.25) is 5.89 Å². The van der Waals surface area contributed by atoms with E-state index >= 15 is 0 Å². The summed E-state index contributed by atoms with van der Waals surface area (Å²) in [5.74, 6) is 0.453. The lowest BCUT2D eigenvalue weighted by Crippen LogP contribution is -2.05. The Kier molecular flexibility index (Phi) is 5.06. The minimum Gasteiger partial charge on any atom is -0.406 e. The zero-order valence-electron chi connectivity index (χ0n) is 9.19. The Morgan fingerprint density at radius 2 is 2.27 bits per heavy atom. The second-order valence-corrected chi connectivity index (χ2v) is 3.36. The van der Waals surface area contributed by atoms with Crippen LogP contribution in [0.1, 0.15) is 31.7 Å². The average molecular weight is 214 g/mol. The number of unbranched alkanes of at least 4 members (excludes halogenated alkanes) is 1. The molecule has 0 saturated heterocycles. The fraction of sp³-hybridized carbons (Fsp3) is 0.778. The highest BCUT2D eigenvalue weighted by Crippen LogP contribution is 2.10. The van der Waals surface area contributed by atoms with E-state index in [1.807, 2.05) is 0 Å². The Labute approximate surface area is 89.2 Å². The van der Waals surface area contributed by atoms with Crippen molar-refractivity contribution in [1.82, 2.24) is 10.2 Å². The van der Waals surface area contributed by atoms with Gasteiger partial charge < -0.3 is 20.2 Å². The fourth-order valence-corrected chi connectivity index (χ4v) is 1.06. The second-order valence-electron chi connectivity index (χ2n) is 3.36. The molecule has 0 bridgehead atoms. The number of anilines is 1. The van der Waals surface area contributed by atoms with Gasteiger partial charge in [0.1, 0.15) is 0 Å². The van der Waals surface area contributed by atoms with Gasteiger partial charge in [-0.05, 0) is 19.8 Å². The summed E-state index contributed by atoms with van der Waals surface area (Å²) in [5, 5.41) is 10.6. The molecule has 0 aromatic carbocycles. The first-order valence-electron chi connectivity index (χ1n) is 5.06. The fourth-order valence-electron chi connectivity index (χ4n) is 1.06. The molecule has 0 aliphatic heterocycles. The number of hydrogen-bond donors (Lipinski definition) is 2. The van der Waals surface area contributed by atoms with E-state index in [1.165, 1.54) is 0 Å². The van der Waals surface area contributed by atoms with Gasteiger partial charge in [-0.3, -0.25) is 0 Å². The lowest BCUT2D eigenvalue weighted by atomic mass is 10.3. The van der Waals surface area contributed by atoms with Crippen LogP contribution in [0.4, 0.5) is 6.01 Å². The van der Waals surface area contributed by atoms with Gasteiger partial charge in [0, 0.05) is 20.3 Å². The third-order valence-electron chi connectivity index (χ3n) is 1.88. The predicted molar refractivity (Wildman–Crippen MR) is 56.5 cm³/mol. The number of nitrogens with two attached hydrogens (primary N) is 1. The van der Waals surface area contributed by atoms with Gasteiger partial charge in [-0.1, -0.05) is 5.10 Å². The molecular formula is C9H18N4O2. The van der Waals surface area contributed by atoms with Crippen LogP contribution in [0.5, 0.6) is 0 Å². The molecule has 1 atom stereocenters. The quantitative estimate of drug-likeness (QED) is 0.656. The molecule has 6 nitrogen and oxygen atoms in total. The topological polar surface area (TPSA) is 86.2 Å². The predicted octanol–water partition coefficient (Wildman–Crippen LogP) is 0.928. The molecular weight excluding hydrogens is 196 g/mol. The summed E-state index contributed by atoms with van der Waals surface area (Å²) in [5.41, 5.74) is 5.58. The highest BCUT2D eigenvalue weighted by molar-refractivity contribution is 5.16. The van der Waals surface area contributed by atoms with Crippen LogP contribution in [-0.2, 0) is 4.74 Å². The number of ether oxygens (including phenoxy) is 1. The molecule has 1 unspecified atom stereocenters. The minimum absolute atomic E-state index is 0.221. The summed E-state index contributed by atoms with van der Waals surface area (Å²) < 4.78 is 10.2. The van der Waals surface area contributed by atoms with Gasteiger partial charge in [0.15, 0.2) is 0 Å². The van der Waals surface area contributed by atoms with Crippen molar-refractivity contribution in [3.8, 4) is 0 Å². The SMILES string of the molecule is COCCCCNc1nnc(C(C)N)o1. The van der Waals surface area contributed by atoms with Crippen LogP contribution >= 0.6 is 0 Å². The lowest BCUT2D eigenvalue weighted by Gasteiger charge is -2.00. The van der Waals surface area contributed by atoms with Gasteiger partial charge in [-0.25, -0.2) is 0 Å². The highest BCUT2D eigenvalue weighted by Gasteiger charge is 2.08. The molecule has 15 heavy (non-hydrogen) atoms. The molecule has 1 heterocycles. The summed E-state index contributed by atoms with van der Waals surface area (Å²) >= 11 is 0. The molecule has 1 aromatic rings. The maximum atomic E-state index is 5.58. The summed E-state index contributed by atoms with van der Waals surface area (Å²) in [7, 11) is 1.69. The van der Waals surface area contributed by atoms with E-state index in [1.54, 1.807) is 14.0 Å². The number of nitrogens with one attached hydrogen (secondary N) is 1. The maximum Gasteiger partial charge on any atom is 0.315 e. The molecule has 6 heteroatoms. The Morgan fingerprint density at radius 3 is 2.87 bits per heavy atom. The van der Waals surface area contributed by atoms with Crippen LogP contribution in [0.25, 0.3) is 0 Å². The summed E-state index contributed by atoms with van der Waals surface area (Å²) in [6.45, 7) is 3.37. The van der Waals surface area contributed by atoms with Crippen molar-refractivity contribution >= 4 is 6.01 Å². The molecule has 0 aliphatic rings. The molecule has 0 aliphatic carbocycles. The zero-order chi connectivity index (χ0) is 11.1. The van der Waals surface area contributed by atoms with Gasteiger partial charge in [-0.2, -0.15) is 0 Å². The summed E-state index contributed by atoms with van der Waals surface area (Å²) in [6.07, 6.45) is 2.02. The van der Waals surface area contributed by atoms with E-state index in [4.69, 9.17) is 14.9 Å². The first-order valence-corrected chi connectivity index (χ1v) is 5.06. The van der Waals surface area contributed by atoms with E-state index in [2.05, 4.69) is 15.5 Å². The Balaban J connectivity index is 2.20. The second kappa shape index (κ2) is 6.36. The van der Waals surface area contributed by atoms with E-state index in [0.29, 0.717) is 11.9 Å². The molecule has 0 radical (unpaired) electrons. The zero-order valence-corrected chi connectivity index (χ0v) is 9.19. The Hall–Kier alpha value is -1.14. The van der Waals surface area contributed by atoms with E-state index in [9.17, 15) is 0 Å². The number of methoxy groups -OCH3 is 1. The average Bonchev–Trinajstić information content (AvgIpc) is 2.66. The van der Waals surface area contributed by atoms with Crippen molar-refractivity contribution in [2.75, 3.05) is 25.6 Å². The monoisotopic (exact) mass is 214 g/mol. The molecule has 0 saturated carbocycles. The lowest BCUT2D eigenvalue weighted by molar-refractivity contribution is 0.193. The van der Waals surface area contributed by atoms with Crippen LogP contribution in [0.2, 0.25) is 0 Å². The molecule has 0 fully saturated rings. The molecule has 1 rings (SSSR count). The molecule has 86 valence electrons. The number of hydrogen-bond acceptors (Lipinski definition) is 6. The van der Waals surface area contributed by atoms with Crippen LogP contribution in [0, 0.1) is 0 Å². The van der Waals surface area contributed by atoms with Gasteiger partial charge in [0.05, 0.1) is 6.04 Å². The first-order chi connectivity index (χ1) is 7.24. The third-order valence-corrected chi connectivity index (χ3v) is 1.88. The largest absolute Gasteiger partial charge is 0.406 e. The highest BCUT2D eigenvalue weighted by atomic mass is 16.5. The molecule has 0 amide bonds. The van der Waals surface area contributed by atoms with Crippen LogP contribution in [-0.4, -0.2) is 30.5 Å². The number of rotatable bonds is 7. The van der Waals surface area contributed by atoms with Gasteiger partial charge in [0.25, 0.3) is 0 Å². The smallest absolute Gasteiger partial charge is 0.315 e. The van der Waals surface area contributed by atoms with E-state index < -0.39 is 0 Å². The van der Waals surface area contributed by atoms with Gasteiger partial charge >= 0.3 is 6.01 Å². The van der Waals surface area contributed by atoms with Crippen LogP contribution in [0.15, 0.2) is 4.42 Å². The van der Waals surface area contributed by atoms with Crippen molar-refractivity contribution in [1.29, 1.82) is 0 Å². The van der Waals surface area contributed by atoms with Crippen molar-refractivity contribution in [3.05, 3.63) is 5.89 Å². The summed E-state index contributed by atoms with van der Waals surface area (Å²) in [6, 6.07) is 0.209.